The Kier molecular flexibility index (Phi) is 3.77. The monoisotopic (exact) mass is 415 g/mol. The molecule has 0 aliphatic carbocycles. The van der Waals surface area contributed by atoms with Gasteiger partial charge >= 0.3 is 0 Å². The summed E-state index contributed by atoms with van der Waals surface area (Å²) < 4.78 is 10.7. The fraction of sp³-hybridized carbons (Fsp3) is 0.217. The SMILES string of the molecule is O=C(c1ccccc1)C1C2C(=O)N(c3ccc4c(c3)OCO4)C(=O)C2C2C=CC=NN21. The van der Waals surface area contributed by atoms with Gasteiger partial charge in [-0.3, -0.25) is 19.4 Å². The maximum Gasteiger partial charge on any atom is 0.240 e. The Labute approximate surface area is 177 Å². The quantitative estimate of drug-likeness (QED) is 0.563. The number of anilines is 1. The molecule has 0 spiro atoms. The standard InChI is InChI=1S/C23H17N3O5/c27-21(13-5-2-1-3-6-13)20-19-18(15-7-4-10-24-26(15)20)22(28)25(23(19)29)14-8-9-16-17(11-14)31-12-30-16/h1-11,15,18-20H,12H2. The van der Waals surface area contributed by atoms with Crippen LogP contribution >= 0.6 is 0 Å². The van der Waals surface area contributed by atoms with Gasteiger partial charge in [0, 0.05) is 17.8 Å². The Hall–Kier alpha value is -3.94. The number of Topliss-reactive ketones (excluding diaryl/α,β-unsaturated/α-hetero) is 1. The zero-order valence-electron chi connectivity index (χ0n) is 16.3. The van der Waals surface area contributed by atoms with Crippen molar-refractivity contribution in [3.8, 4) is 11.5 Å². The summed E-state index contributed by atoms with van der Waals surface area (Å²) >= 11 is 0. The second-order valence-electron chi connectivity index (χ2n) is 7.80. The van der Waals surface area contributed by atoms with Gasteiger partial charge in [-0.1, -0.05) is 36.4 Å². The molecule has 4 aliphatic rings. The van der Waals surface area contributed by atoms with Crippen LogP contribution in [0.3, 0.4) is 0 Å². The molecule has 4 aliphatic heterocycles. The molecule has 0 N–H and O–H groups in total. The molecule has 2 saturated heterocycles. The van der Waals surface area contributed by atoms with E-state index in [1.54, 1.807) is 59.8 Å². The summed E-state index contributed by atoms with van der Waals surface area (Å²) in [5.41, 5.74) is 0.896. The maximum absolute atomic E-state index is 13.6. The Morgan fingerprint density at radius 2 is 1.74 bits per heavy atom. The lowest BCUT2D eigenvalue weighted by atomic mass is 9.86. The third-order valence-electron chi connectivity index (χ3n) is 6.23. The Balaban J connectivity index is 1.42. The van der Waals surface area contributed by atoms with Gasteiger partial charge in [-0.2, -0.15) is 5.10 Å². The van der Waals surface area contributed by atoms with E-state index in [9.17, 15) is 14.4 Å². The van der Waals surface area contributed by atoms with E-state index in [1.165, 1.54) is 4.90 Å². The third kappa shape index (κ3) is 2.48. The molecule has 4 heterocycles. The summed E-state index contributed by atoms with van der Waals surface area (Å²) in [5.74, 6) is -1.43. The van der Waals surface area contributed by atoms with E-state index in [4.69, 9.17) is 9.47 Å². The van der Waals surface area contributed by atoms with Crippen molar-refractivity contribution >= 4 is 29.5 Å². The molecule has 2 aromatic carbocycles. The summed E-state index contributed by atoms with van der Waals surface area (Å²) in [4.78, 5) is 41.6. The number of benzene rings is 2. The molecule has 31 heavy (non-hydrogen) atoms. The first kappa shape index (κ1) is 17.9. The first-order valence-corrected chi connectivity index (χ1v) is 10.0. The molecule has 2 amide bonds. The number of ketones is 1. The first-order valence-electron chi connectivity index (χ1n) is 10.0. The van der Waals surface area contributed by atoms with Crippen LogP contribution < -0.4 is 14.4 Å². The minimum atomic E-state index is -0.853. The van der Waals surface area contributed by atoms with Crippen LogP contribution in [0.1, 0.15) is 10.4 Å². The lowest BCUT2D eigenvalue weighted by Gasteiger charge is -2.30. The van der Waals surface area contributed by atoms with Crippen LogP contribution in [0.15, 0.2) is 65.8 Å². The summed E-state index contributed by atoms with van der Waals surface area (Å²) in [5, 5.41) is 5.97. The van der Waals surface area contributed by atoms with Crippen molar-refractivity contribution in [2.45, 2.75) is 12.1 Å². The second-order valence-corrected chi connectivity index (χ2v) is 7.80. The number of rotatable bonds is 3. The van der Waals surface area contributed by atoms with Crippen LogP contribution in [0, 0.1) is 11.8 Å². The van der Waals surface area contributed by atoms with E-state index in [0.717, 1.165) is 0 Å². The summed E-state index contributed by atoms with van der Waals surface area (Å²) in [6, 6.07) is 12.5. The molecule has 2 fully saturated rings. The summed E-state index contributed by atoms with van der Waals surface area (Å²) in [7, 11) is 0. The van der Waals surface area contributed by atoms with Gasteiger partial charge in [-0.05, 0) is 18.2 Å². The highest BCUT2D eigenvalue weighted by atomic mass is 16.7. The van der Waals surface area contributed by atoms with E-state index < -0.39 is 29.8 Å². The summed E-state index contributed by atoms with van der Waals surface area (Å²) in [6.45, 7) is 0.0966. The molecular weight excluding hydrogens is 398 g/mol. The van der Waals surface area contributed by atoms with E-state index in [0.29, 0.717) is 22.7 Å². The fourth-order valence-electron chi connectivity index (χ4n) is 4.89. The number of imide groups is 1. The van der Waals surface area contributed by atoms with Crippen LogP contribution in [-0.2, 0) is 9.59 Å². The maximum atomic E-state index is 13.6. The summed E-state index contributed by atoms with van der Waals surface area (Å²) in [6.07, 6.45) is 5.15. The largest absolute Gasteiger partial charge is 0.454 e. The van der Waals surface area contributed by atoms with Gasteiger partial charge in [0.2, 0.25) is 18.6 Å². The molecule has 2 aromatic rings. The van der Waals surface area contributed by atoms with Crippen LogP contribution in [0.5, 0.6) is 11.5 Å². The zero-order valence-corrected chi connectivity index (χ0v) is 16.3. The smallest absolute Gasteiger partial charge is 0.240 e. The highest BCUT2D eigenvalue weighted by Gasteiger charge is 2.64. The molecule has 154 valence electrons. The van der Waals surface area contributed by atoms with Gasteiger partial charge in [-0.25, -0.2) is 4.90 Å². The molecule has 6 rings (SSSR count). The van der Waals surface area contributed by atoms with Crippen LogP contribution in [-0.4, -0.2) is 47.7 Å². The average Bonchev–Trinajstić information content (AvgIpc) is 3.47. The van der Waals surface area contributed by atoms with Crippen molar-refractivity contribution in [1.29, 1.82) is 0 Å². The predicted molar refractivity (Wildman–Crippen MR) is 110 cm³/mol. The van der Waals surface area contributed by atoms with Gasteiger partial charge in [0.25, 0.3) is 0 Å². The van der Waals surface area contributed by atoms with Gasteiger partial charge in [0.05, 0.1) is 23.6 Å². The lowest BCUT2D eigenvalue weighted by Crippen LogP contribution is -2.46. The van der Waals surface area contributed by atoms with Crippen molar-refractivity contribution < 1.29 is 23.9 Å². The first-order chi connectivity index (χ1) is 15.1. The van der Waals surface area contributed by atoms with Crippen LogP contribution in [0.25, 0.3) is 0 Å². The van der Waals surface area contributed by atoms with Gasteiger partial charge < -0.3 is 9.47 Å². The highest BCUT2D eigenvalue weighted by Crippen LogP contribution is 2.47. The molecule has 4 atom stereocenters. The molecular formula is C23H17N3O5. The molecule has 4 unspecified atom stereocenters. The molecule has 8 heteroatoms. The molecule has 0 radical (unpaired) electrons. The zero-order chi connectivity index (χ0) is 21.1. The molecule has 0 aromatic heterocycles. The van der Waals surface area contributed by atoms with E-state index in [-0.39, 0.29) is 18.5 Å². The van der Waals surface area contributed by atoms with Crippen molar-refractivity contribution in [3.63, 3.8) is 0 Å². The minimum absolute atomic E-state index is 0.0966. The fourth-order valence-corrected chi connectivity index (χ4v) is 4.89. The molecule has 8 nitrogen and oxygen atoms in total. The van der Waals surface area contributed by atoms with E-state index >= 15 is 0 Å². The second kappa shape index (κ2) is 6.53. The van der Waals surface area contributed by atoms with Crippen molar-refractivity contribution in [2.75, 3.05) is 11.7 Å². The number of ether oxygens (including phenoxy) is 2. The highest BCUT2D eigenvalue weighted by molar-refractivity contribution is 6.24. The number of hydrogen-bond donors (Lipinski definition) is 0. The number of fused-ring (bicyclic) bond motifs is 4. The Morgan fingerprint density at radius 3 is 2.58 bits per heavy atom. The van der Waals surface area contributed by atoms with E-state index in [2.05, 4.69) is 5.10 Å². The number of hydrazone groups is 1. The minimum Gasteiger partial charge on any atom is -0.454 e. The van der Waals surface area contributed by atoms with E-state index in [1.807, 2.05) is 12.1 Å². The predicted octanol–water partition coefficient (Wildman–Crippen LogP) is 2.01. The molecule has 0 saturated carbocycles. The number of allylic oxidation sites excluding steroid dienone is 1. The van der Waals surface area contributed by atoms with Crippen molar-refractivity contribution in [1.82, 2.24) is 5.01 Å². The third-order valence-corrected chi connectivity index (χ3v) is 6.23. The van der Waals surface area contributed by atoms with Crippen LogP contribution in [0.2, 0.25) is 0 Å². The average molecular weight is 415 g/mol. The van der Waals surface area contributed by atoms with Gasteiger partial charge in [0.15, 0.2) is 17.3 Å². The van der Waals surface area contributed by atoms with Crippen LogP contribution in [0.4, 0.5) is 5.69 Å². The topological polar surface area (TPSA) is 88.5 Å². The van der Waals surface area contributed by atoms with Crippen molar-refractivity contribution in [2.24, 2.45) is 16.9 Å². The molecule has 0 bridgehead atoms. The lowest BCUT2D eigenvalue weighted by molar-refractivity contribution is -0.123. The van der Waals surface area contributed by atoms with Crippen molar-refractivity contribution in [3.05, 3.63) is 66.2 Å². The number of carbonyl (C=O) groups excluding carboxylic acids is 3. The number of carbonyl (C=O) groups is 3. The Morgan fingerprint density at radius 1 is 0.968 bits per heavy atom. The van der Waals surface area contributed by atoms with Gasteiger partial charge in [-0.15, -0.1) is 0 Å². The van der Waals surface area contributed by atoms with Gasteiger partial charge in [0.1, 0.15) is 6.04 Å². The number of amides is 2. The normalized spacial score (nSPS) is 27.6. The Bertz CT molecular complexity index is 1170. The number of hydrogen-bond acceptors (Lipinski definition) is 7. The number of nitrogens with zero attached hydrogens (tertiary/aromatic N) is 3.